The molecule has 3 rings (SSSR count). The number of nitrogens with zero attached hydrogens (tertiary/aromatic N) is 2. The number of hydroxylamine groups is 1. The number of nitrogens with one attached hydrogen (secondary N) is 3. The van der Waals surface area contributed by atoms with E-state index < -0.39 is 35.7 Å². The fourth-order valence-corrected chi connectivity index (χ4v) is 3.60. The molecule has 3 amide bonds. The van der Waals surface area contributed by atoms with E-state index in [0.717, 1.165) is 25.0 Å². The van der Waals surface area contributed by atoms with E-state index in [0.29, 0.717) is 12.1 Å². The van der Waals surface area contributed by atoms with Crippen molar-refractivity contribution in [2.24, 2.45) is 0 Å². The second-order valence-electron chi connectivity index (χ2n) is 8.66. The minimum atomic E-state index is -3.25. The van der Waals surface area contributed by atoms with Gasteiger partial charge in [0.05, 0.1) is 6.33 Å². The molecule has 9 nitrogen and oxygen atoms in total. The minimum absolute atomic E-state index is 0.0394. The molecular formula is C28H25F2N5O4. The van der Waals surface area contributed by atoms with E-state index in [-0.39, 0.29) is 5.56 Å². The highest BCUT2D eigenvalue weighted by Gasteiger charge is 2.48. The summed E-state index contributed by atoms with van der Waals surface area (Å²) >= 11 is 0. The van der Waals surface area contributed by atoms with Gasteiger partial charge in [-0.05, 0) is 60.7 Å². The van der Waals surface area contributed by atoms with Gasteiger partial charge < -0.3 is 15.2 Å². The molecule has 0 aliphatic rings. The maximum absolute atomic E-state index is 13.8. The Bertz CT molecular complexity index is 1430. The van der Waals surface area contributed by atoms with Gasteiger partial charge >= 0.3 is 0 Å². The van der Waals surface area contributed by atoms with Crippen LogP contribution in [0.25, 0.3) is 0 Å². The van der Waals surface area contributed by atoms with Crippen molar-refractivity contribution in [3.63, 3.8) is 0 Å². The van der Waals surface area contributed by atoms with E-state index in [9.17, 15) is 23.2 Å². The molecule has 200 valence electrons. The third-order valence-electron chi connectivity index (χ3n) is 5.65. The molecule has 0 radical (unpaired) electrons. The van der Waals surface area contributed by atoms with Gasteiger partial charge in [0.1, 0.15) is 11.6 Å². The van der Waals surface area contributed by atoms with Crippen molar-refractivity contribution in [3.8, 4) is 23.7 Å². The number of benzene rings is 2. The largest absolute Gasteiger partial charge is 0.343 e. The molecule has 0 aliphatic heterocycles. The zero-order chi connectivity index (χ0) is 28.4. The first-order valence-corrected chi connectivity index (χ1v) is 11.6. The van der Waals surface area contributed by atoms with Crippen molar-refractivity contribution in [1.29, 1.82) is 0 Å². The number of aromatic nitrogens is 2. The Morgan fingerprint density at radius 1 is 1.03 bits per heavy atom. The Balaban J connectivity index is 1.66. The molecular weight excluding hydrogens is 508 g/mol. The summed E-state index contributed by atoms with van der Waals surface area (Å²) in [4.78, 5) is 40.2. The van der Waals surface area contributed by atoms with E-state index in [2.05, 4.69) is 34.0 Å². The van der Waals surface area contributed by atoms with Crippen LogP contribution in [0.3, 0.4) is 0 Å². The molecule has 39 heavy (non-hydrogen) atoms. The van der Waals surface area contributed by atoms with Gasteiger partial charge in [0.25, 0.3) is 18.2 Å². The predicted octanol–water partition coefficient (Wildman–Crippen LogP) is 2.10. The average Bonchev–Trinajstić information content (AvgIpc) is 3.43. The van der Waals surface area contributed by atoms with Crippen LogP contribution in [0.4, 0.5) is 8.78 Å². The van der Waals surface area contributed by atoms with Gasteiger partial charge in [0.15, 0.2) is 0 Å². The first-order chi connectivity index (χ1) is 18.6. The van der Waals surface area contributed by atoms with Crippen LogP contribution in [0.5, 0.6) is 0 Å². The van der Waals surface area contributed by atoms with Crippen molar-refractivity contribution < 1.29 is 28.4 Å². The molecule has 0 aliphatic carbocycles. The second-order valence-corrected chi connectivity index (χ2v) is 8.66. The zero-order valence-corrected chi connectivity index (χ0v) is 21.0. The molecule has 3 aromatic rings. The van der Waals surface area contributed by atoms with Crippen molar-refractivity contribution in [2.45, 2.75) is 38.4 Å². The predicted molar refractivity (Wildman–Crippen MR) is 137 cm³/mol. The summed E-state index contributed by atoms with van der Waals surface area (Å²) in [5.74, 6) is 8.22. The van der Waals surface area contributed by atoms with Gasteiger partial charge in [-0.3, -0.25) is 19.6 Å². The van der Waals surface area contributed by atoms with E-state index in [1.165, 1.54) is 29.7 Å². The van der Waals surface area contributed by atoms with Crippen molar-refractivity contribution in [2.75, 3.05) is 0 Å². The summed E-state index contributed by atoms with van der Waals surface area (Å²) in [6.45, 7) is 2.58. The second kappa shape index (κ2) is 13.0. The van der Waals surface area contributed by atoms with Crippen LogP contribution < -0.4 is 16.1 Å². The molecule has 2 aromatic carbocycles. The lowest BCUT2D eigenvalue weighted by Gasteiger charge is -2.36. The highest BCUT2D eigenvalue weighted by Crippen LogP contribution is 2.21. The Kier molecular flexibility index (Phi) is 9.52. The van der Waals surface area contributed by atoms with Crippen LogP contribution >= 0.6 is 0 Å². The van der Waals surface area contributed by atoms with E-state index in [1.54, 1.807) is 12.5 Å². The Morgan fingerprint density at radius 3 is 2.10 bits per heavy atom. The number of amides is 3. The number of alkyl halides is 2. The summed E-state index contributed by atoms with van der Waals surface area (Å²) < 4.78 is 29.5. The van der Waals surface area contributed by atoms with Gasteiger partial charge in [-0.15, -0.1) is 0 Å². The van der Waals surface area contributed by atoms with Crippen molar-refractivity contribution >= 4 is 17.7 Å². The fourth-order valence-electron chi connectivity index (χ4n) is 3.60. The first kappa shape index (κ1) is 28.6. The van der Waals surface area contributed by atoms with Gasteiger partial charge in [-0.1, -0.05) is 24.0 Å². The van der Waals surface area contributed by atoms with E-state index >= 15 is 0 Å². The normalized spacial score (nSPS) is 12.6. The zero-order valence-electron chi connectivity index (χ0n) is 21.0. The lowest BCUT2D eigenvalue weighted by molar-refractivity contribution is -0.137. The molecule has 2 atom stereocenters. The number of carbonyl (C=O) groups is 3. The first-order valence-electron chi connectivity index (χ1n) is 11.6. The Morgan fingerprint density at radius 2 is 1.62 bits per heavy atom. The summed E-state index contributed by atoms with van der Waals surface area (Å²) in [6.07, 6.45) is 2.09. The molecule has 0 bridgehead atoms. The number of halogens is 2. The van der Waals surface area contributed by atoms with Crippen LogP contribution in [0.15, 0.2) is 67.3 Å². The van der Waals surface area contributed by atoms with Gasteiger partial charge in [0.2, 0.25) is 5.91 Å². The molecule has 4 N–H and O–H groups in total. The maximum atomic E-state index is 13.8. The van der Waals surface area contributed by atoms with Gasteiger partial charge in [-0.25, -0.2) is 19.2 Å². The number of carbonyl (C=O) groups excluding carboxylic acids is 3. The third kappa shape index (κ3) is 7.74. The number of hydrogen-bond acceptors (Lipinski definition) is 5. The number of rotatable bonds is 8. The molecule has 0 fully saturated rings. The summed E-state index contributed by atoms with van der Waals surface area (Å²) in [5, 5.41) is 13.1. The SMILES string of the molecule is CC(=O)NC(C)(C(F)F)C(NC(=O)c1ccc(C#CC#Cc2ccc(Cn3ccnc3)cc2)cc1)C(=O)NO. The van der Waals surface area contributed by atoms with Crippen LogP contribution in [0.2, 0.25) is 0 Å². The molecule has 1 heterocycles. The molecule has 1 aromatic heterocycles. The summed E-state index contributed by atoms with van der Waals surface area (Å²) in [7, 11) is 0. The third-order valence-corrected chi connectivity index (χ3v) is 5.65. The van der Waals surface area contributed by atoms with E-state index in [1.807, 2.05) is 40.3 Å². The van der Waals surface area contributed by atoms with Crippen LogP contribution in [-0.2, 0) is 16.1 Å². The van der Waals surface area contributed by atoms with Crippen LogP contribution in [0.1, 0.15) is 40.9 Å². The topological polar surface area (TPSA) is 125 Å². The van der Waals surface area contributed by atoms with Crippen molar-refractivity contribution in [3.05, 3.63) is 89.5 Å². The molecule has 0 saturated heterocycles. The highest BCUT2D eigenvalue weighted by atomic mass is 19.3. The fraction of sp³-hybridized carbons (Fsp3) is 0.214. The molecule has 0 spiro atoms. The lowest BCUT2D eigenvalue weighted by atomic mass is 9.91. The van der Waals surface area contributed by atoms with E-state index in [4.69, 9.17) is 5.21 Å². The molecule has 11 heteroatoms. The summed E-state index contributed by atoms with van der Waals surface area (Å²) in [5.41, 5.74) is 1.23. The number of hydrogen-bond donors (Lipinski definition) is 4. The lowest BCUT2D eigenvalue weighted by Crippen LogP contribution is -2.68. The monoisotopic (exact) mass is 533 g/mol. The number of imidazole rings is 1. The smallest absolute Gasteiger partial charge is 0.268 e. The van der Waals surface area contributed by atoms with Crippen molar-refractivity contribution in [1.82, 2.24) is 25.7 Å². The quantitative estimate of drug-likeness (QED) is 0.201. The molecule has 0 saturated carbocycles. The van der Waals surface area contributed by atoms with Crippen LogP contribution in [0, 0.1) is 23.7 Å². The summed E-state index contributed by atoms with van der Waals surface area (Å²) in [6, 6.07) is 11.6. The van der Waals surface area contributed by atoms with Crippen LogP contribution in [-0.4, -0.2) is 50.5 Å². The van der Waals surface area contributed by atoms with Gasteiger partial charge in [-0.2, -0.15) is 0 Å². The molecule has 2 unspecified atom stereocenters. The Labute approximate surface area is 223 Å². The maximum Gasteiger partial charge on any atom is 0.268 e. The standard InChI is InChI=1S/C28H25F2N5O4/c1-19(36)33-28(2,27(29)30)24(26(38)34-39)32-25(37)23-13-11-21(12-14-23)6-4-3-5-20-7-9-22(10-8-20)17-35-16-15-31-18-35/h7-16,18,24,27,39H,17H2,1-2H3,(H,32,37)(H,33,36)(H,34,38). The minimum Gasteiger partial charge on any atom is -0.343 e. The van der Waals surface area contributed by atoms with Gasteiger partial charge in [0, 0.05) is 42.6 Å². The Hall–Kier alpha value is -5.00. The highest BCUT2D eigenvalue weighted by molar-refractivity contribution is 5.98. The average molecular weight is 534 g/mol.